The number of rotatable bonds is 6. The predicted molar refractivity (Wildman–Crippen MR) is 93.9 cm³/mol. The summed E-state index contributed by atoms with van der Waals surface area (Å²) in [6.45, 7) is 0. The van der Waals surface area contributed by atoms with Crippen LogP contribution >= 0.6 is 0 Å². The van der Waals surface area contributed by atoms with Crippen LogP contribution in [0.5, 0.6) is 17.2 Å². The van der Waals surface area contributed by atoms with Crippen LogP contribution in [-0.2, 0) is 16.4 Å². The van der Waals surface area contributed by atoms with E-state index >= 15 is 0 Å². The molecule has 1 N–H and O–H groups in total. The highest BCUT2D eigenvalue weighted by Gasteiger charge is 2.29. The van der Waals surface area contributed by atoms with Crippen molar-refractivity contribution in [3.63, 3.8) is 0 Å². The summed E-state index contributed by atoms with van der Waals surface area (Å²) < 4.78 is 44.1. The number of hydrogen-bond acceptors (Lipinski definition) is 5. The molecule has 2 aromatic rings. The van der Waals surface area contributed by atoms with Gasteiger partial charge in [-0.25, -0.2) is 13.1 Å². The van der Waals surface area contributed by atoms with Gasteiger partial charge in [-0.1, -0.05) is 12.1 Å². The summed E-state index contributed by atoms with van der Waals surface area (Å²) >= 11 is 0. The number of fused-ring (bicyclic) bond motifs is 1. The van der Waals surface area contributed by atoms with E-state index in [0.29, 0.717) is 17.9 Å². The van der Waals surface area contributed by atoms with E-state index in [1.165, 1.54) is 26.4 Å². The number of nitrogens with one attached hydrogen (secondary N) is 1. The van der Waals surface area contributed by atoms with E-state index in [0.717, 1.165) is 23.3 Å². The normalized spacial score (nSPS) is 16.4. The first-order valence-electron chi connectivity index (χ1n) is 7.90. The molecule has 3 rings (SSSR count). The molecular weight excluding hydrogens is 342 g/mol. The summed E-state index contributed by atoms with van der Waals surface area (Å²) in [6.07, 6.45) is 1.47. The van der Waals surface area contributed by atoms with Gasteiger partial charge in [0.2, 0.25) is 10.0 Å². The largest absolute Gasteiger partial charge is 0.496 e. The third-order valence-corrected chi connectivity index (χ3v) is 5.88. The van der Waals surface area contributed by atoms with E-state index in [1.54, 1.807) is 13.2 Å². The van der Waals surface area contributed by atoms with Crippen LogP contribution in [0.4, 0.5) is 0 Å². The number of sulfonamides is 1. The Balaban J connectivity index is 1.89. The summed E-state index contributed by atoms with van der Waals surface area (Å²) in [5, 5.41) is 0. The first-order valence-corrected chi connectivity index (χ1v) is 9.38. The molecule has 0 spiro atoms. The molecule has 0 aliphatic heterocycles. The molecule has 1 unspecified atom stereocenters. The van der Waals surface area contributed by atoms with Crippen molar-refractivity contribution >= 4 is 10.0 Å². The molecule has 134 valence electrons. The van der Waals surface area contributed by atoms with Crippen LogP contribution in [0.2, 0.25) is 0 Å². The van der Waals surface area contributed by atoms with Crippen molar-refractivity contribution in [1.29, 1.82) is 0 Å². The molecule has 1 aliphatic rings. The fraction of sp³-hybridized carbons (Fsp3) is 0.333. The summed E-state index contributed by atoms with van der Waals surface area (Å²) in [5.41, 5.74) is 2.02. The van der Waals surface area contributed by atoms with Gasteiger partial charge < -0.3 is 14.2 Å². The van der Waals surface area contributed by atoms with Gasteiger partial charge in [-0.2, -0.15) is 0 Å². The quantitative estimate of drug-likeness (QED) is 0.854. The molecule has 0 fully saturated rings. The van der Waals surface area contributed by atoms with E-state index < -0.39 is 10.0 Å². The maximum atomic E-state index is 12.8. The molecule has 0 saturated carbocycles. The average molecular weight is 363 g/mol. The van der Waals surface area contributed by atoms with Crippen molar-refractivity contribution in [2.24, 2.45) is 0 Å². The van der Waals surface area contributed by atoms with Gasteiger partial charge in [-0.3, -0.25) is 0 Å². The Morgan fingerprint density at radius 1 is 0.960 bits per heavy atom. The van der Waals surface area contributed by atoms with Crippen molar-refractivity contribution in [1.82, 2.24) is 4.72 Å². The SMILES string of the molecule is COc1ccc(S(=O)(=O)NC2CCc3c(OC)cccc32)cc1OC. The van der Waals surface area contributed by atoms with Crippen molar-refractivity contribution in [2.45, 2.75) is 23.8 Å². The van der Waals surface area contributed by atoms with Crippen LogP contribution in [0.15, 0.2) is 41.3 Å². The summed E-state index contributed by atoms with van der Waals surface area (Å²) in [7, 11) is 0.912. The molecule has 6 nitrogen and oxygen atoms in total. The number of methoxy groups -OCH3 is 3. The molecule has 0 radical (unpaired) electrons. The highest BCUT2D eigenvalue weighted by molar-refractivity contribution is 7.89. The van der Waals surface area contributed by atoms with Gasteiger partial charge in [0.25, 0.3) is 0 Å². The zero-order valence-electron chi connectivity index (χ0n) is 14.4. The van der Waals surface area contributed by atoms with Crippen molar-refractivity contribution in [2.75, 3.05) is 21.3 Å². The third-order valence-electron chi connectivity index (χ3n) is 4.41. The lowest BCUT2D eigenvalue weighted by Gasteiger charge is -2.16. The standard InChI is InChI=1S/C18H21NO5S/c1-22-16-6-4-5-13-14(16)8-9-15(13)19-25(20,21)12-7-10-17(23-2)18(11-12)24-3/h4-7,10-11,15,19H,8-9H2,1-3H3. The highest BCUT2D eigenvalue weighted by Crippen LogP contribution is 2.38. The second kappa shape index (κ2) is 6.93. The first-order chi connectivity index (χ1) is 12.0. The minimum absolute atomic E-state index is 0.140. The van der Waals surface area contributed by atoms with Crippen LogP contribution in [0.1, 0.15) is 23.6 Å². The van der Waals surface area contributed by atoms with Crippen molar-refractivity contribution in [3.05, 3.63) is 47.5 Å². The number of ether oxygens (including phenoxy) is 3. The Bertz CT molecular complexity index is 879. The lowest BCUT2D eigenvalue weighted by atomic mass is 10.1. The fourth-order valence-electron chi connectivity index (χ4n) is 3.17. The van der Waals surface area contributed by atoms with E-state index in [2.05, 4.69) is 4.72 Å². The van der Waals surface area contributed by atoms with Crippen molar-refractivity contribution < 1.29 is 22.6 Å². The average Bonchev–Trinajstić information content (AvgIpc) is 3.03. The van der Waals surface area contributed by atoms with Crippen LogP contribution in [0.3, 0.4) is 0 Å². The monoisotopic (exact) mass is 363 g/mol. The Morgan fingerprint density at radius 3 is 2.36 bits per heavy atom. The molecule has 1 atom stereocenters. The summed E-state index contributed by atoms with van der Waals surface area (Å²) in [4.78, 5) is 0.140. The molecule has 0 heterocycles. The maximum Gasteiger partial charge on any atom is 0.241 e. The second-order valence-corrected chi connectivity index (χ2v) is 7.47. The van der Waals surface area contributed by atoms with Gasteiger partial charge in [0.1, 0.15) is 5.75 Å². The molecule has 2 aromatic carbocycles. The molecule has 0 amide bonds. The van der Waals surface area contributed by atoms with E-state index in [4.69, 9.17) is 14.2 Å². The smallest absolute Gasteiger partial charge is 0.241 e. The van der Waals surface area contributed by atoms with Crippen molar-refractivity contribution in [3.8, 4) is 17.2 Å². The third kappa shape index (κ3) is 3.29. The van der Waals surface area contributed by atoms with Crippen LogP contribution < -0.4 is 18.9 Å². The predicted octanol–water partition coefficient (Wildman–Crippen LogP) is 2.68. The van der Waals surface area contributed by atoms with E-state index in [9.17, 15) is 8.42 Å². The Kier molecular flexibility index (Phi) is 4.87. The molecule has 0 saturated heterocycles. The van der Waals surface area contributed by atoms with Crippen LogP contribution in [0.25, 0.3) is 0 Å². The first kappa shape index (κ1) is 17.6. The molecule has 7 heteroatoms. The maximum absolute atomic E-state index is 12.8. The number of benzene rings is 2. The molecule has 1 aliphatic carbocycles. The Labute approximate surface area is 147 Å². The van der Waals surface area contributed by atoms with Gasteiger partial charge in [0.15, 0.2) is 11.5 Å². The zero-order valence-corrected chi connectivity index (χ0v) is 15.2. The molecule has 25 heavy (non-hydrogen) atoms. The van der Waals surface area contributed by atoms with E-state index in [-0.39, 0.29) is 10.9 Å². The highest BCUT2D eigenvalue weighted by atomic mass is 32.2. The Hall–Kier alpha value is -2.25. The van der Waals surface area contributed by atoms with Crippen LogP contribution in [-0.4, -0.2) is 29.7 Å². The number of hydrogen-bond donors (Lipinski definition) is 1. The molecular formula is C18H21NO5S. The lowest BCUT2D eigenvalue weighted by Crippen LogP contribution is -2.27. The summed E-state index contributed by atoms with van der Waals surface area (Å²) in [5.74, 6) is 1.65. The minimum atomic E-state index is -3.69. The molecule has 0 bridgehead atoms. The van der Waals surface area contributed by atoms with Gasteiger partial charge in [0, 0.05) is 12.1 Å². The Morgan fingerprint density at radius 2 is 1.68 bits per heavy atom. The summed E-state index contributed by atoms with van der Waals surface area (Å²) in [6, 6.07) is 9.98. The fourth-order valence-corrected chi connectivity index (χ4v) is 4.44. The van der Waals surface area contributed by atoms with Crippen LogP contribution in [0, 0.1) is 0 Å². The lowest BCUT2D eigenvalue weighted by molar-refractivity contribution is 0.354. The molecule has 0 aromatic heterocycles. The second-order valence-electron chi connectivity index (χ2n) is 5.76. The minimum Gasteiger partial charge on any atom is -0.496 e. The topological polar surface area (TPSA) is 73.9 Å². The van der Waals surface area contributed by atoms with Gasteiger partial charge in [-0.05, 0) is 42.2 Å². The van der Waals surface area contributed by atoms with Gasteiger partial charge in [0.05, 0.1) is 26.2 Å². The zero-order chi connectivity index (χ0) is 18.0. The van der Waals surface area contributed by atoms with Gasteiger partial charge in [-0.15, -0.1) is 0 Å². The van der Waals surface area contributed by atoms with Gasteiger partial charge >= 0.3 is 0 Å². The van der Waals surface area contributed by atoms with E-state index in [1.807, 2.05) is 18.2 Å².